The number of anilines is 2. The number of nitrogens with zero attached hydrogens (tertiary/aromatic N) is 2. The molecule has 0 aliphatic heterocycles. The second-order valence-corrected chi connectivity index (χ2v) is 8.15. The molecule has 114 valence electrons. The van der Waals surface area contributed by atoms with Crippen LogP contribution in [0.15, 0.2) is 4.90 Å². The van der Waals surface area contributed by atoms with E-state index in [1.165, 1.54) is 30.8 Å². The minimum atomic E-state index is -3.33. The summed E-state index contributed by atoms with van der Waals surface area (Å²) in [6.45, 7) is 4.50. The zero-order chi connectivity index (χ0) is 14.8. The first kappa shape index (κ1) is 15.6. The fourth-order valence-corrected chi connectivity index (χ4v) is 5.30. The first-order valence-corrected chi connectivity index (χ1v) is 9.68. The number of rotatable bonds is 5. The Hall–Kier alpha value is -0.820. The first-order chi connectivity index (χ1) is 9.51. The Kier molecular flexibility index (Phi) is 4.90. The van der Waals surface area contributed by atoms with Crippen LogP contribution in [0.5, 0.6) is 0 Å². The van der Waals surface area contributed by atoms with Crippen molar-refractivity contribution in [2.45, 2.75) is 56.9 Å². The lowest BCUT2D eigenvalue weighted by molar-refractivity contribution is 0.418. The van der Waals surface area contributed by atoms with Crippen LogP contribution in [0.1, 0.15) is 46.0 Å². The van der Waals surface area contributed by atoms with E-state index in [4.69, 9.17) is 5.73 Å². The Balaban J connectivity index is 2.40. The fourth-order valence-electron chi connectivity index (χ4n) is 2.86. The third kappa shape index (κ3) is 2.93. The lowest BCUT2D eigenvalue weighted by atomic mass is 9.94. The van der Waals surface area contributed by atoms with Gasteiger partial charge in [0.25, 0.3) is 0 Å². The van der Waals surface area contributed by atoms with Gasteiger partial charge in [0.05, 0.1) is 5.75 Å². The van der Waals surface area contributed by atoms with E-state index in [-0.39, 0.29) is 16.5 Å². The molecule has 0 aromatic carbocycles. The van der Waals surface area contributed by atoms with E-state index < -0.39 is 9.84 Å². The molecular formula is C13H23N3O2S2. The third-order valence-corrected chi connectivity index (χ3v) is 6.78. The Morgan fingerprint density at radius 2 is 1.95 bits per heavy atom. The summed E-state index contributed by atoms with van der Waals surface area (Å²) in [7, 11) is -3.33. The van der Waals surface area contributed by atoms with Gasteiger partial charge in [0.15, 0.2) is 15.7 Å². The van der Waals surface area contributed by atoms with Crippen molar-refractivity contribution in [3.8, 4) is 0 Å². The molecule has 0 bridgehead atoms. The van der Waals surface area contributed by atoms with Crippen LogP contribution in [-0.4, -0.2) is 31.1 Å². The molecular weight excluding hydrogens is 294 g/mol. The Morgan fingerprint density at radius 3 is 2.50 bits per heavy atom. The molecule has 1 fully saturated rings. The molecule has 1 saturated carbocycles. The van der Waals surface area contributed by atoms with Gasteiger partial charge in [-0.05, 0) is 31.3 Å². The van der Waals surface area contributed by atoms with Crippen molar-refractivity contribution in [3.63, 3.8) is 0 Å². The monoisotopic (exact) mass is 317 g/mol. The van der Waals surface area contributed by atoms with E-state index in [9.17, 15) is 8.42 Å². The largest absolute Gasteiger partial charge is 0.382 e. The maximum absolute atomic E-state index is 12.3. The number of hydrogen-bond acceptors (Lipinski definition) is 6. The van der Waals surface area contributed by atoms with Crippen LogP contribution >= 0.6 is 11.5 Å². The number of nitrogens with two attached hydrogens (primary N) is 1. The standard InChI is InChI=1S/C13H23N3O2S2/c1-3-16(10-8-6-5-7-9-10)13-11(12(14)15-19-13)20(17,18)4-2/h10H,3-9H2,1-2H3,(H2,14,15). The van der Waals surface area contributed by atoms with Crippen LogP contribution in [0.4, 0.5) is 10.8 Å². The second kappa shape index (κ2) is 6.30. The van der Waals surface area contributed by atoms with Crippen molar-refractivity contribution < 1.29 is 8.42 Å². The highest BCUT2D eigenvalue weighted by atomic mass is 32.2. The van der Waals surface area contributed by atoms with Gasteiger partial charge in [0, 0.05) is 12.6 Å². The number of nitrogen functional groups attached to an aromatic ring is 1. The highest BCUT2D eigenvalue weighted by Gasteiger charge is 2.30. The summed E-state index contributed by atoms with van der Waals surface area (Å²) in [6.07, 6.45) is 5.95. The molecule has 7 heteroatoms. The van der Waals surface area contributed by atoms with E-state index in [0.717, 1.165) is 24.4 Å². The van der Waals surface area contributed by atoms with Gasteiger partial charge in [-0.1, -0.05) is 26.2 Å². The molecule has 0 saturated heterocycles. The first-order valence-electron chi connectivity index (χ1n) is 7.25. The Bertz CT molecular complexity index is 548. The van der Waals surface area contributed by atoms with Crippen LogP contribution in [-0.2, 0) is 9.84 Å². The van der Waals surface area contributed by atoms with E-state index >= 15 is 0 Å². The Morgan fingerprint density at radius 1 is 1.30 bits per heavy atom. The summed E-state index contributed by atoms with van der Waals surface area (Å²) in [4.78, 5) is 2.44. The topological polar surface area (TPSA) is 76.3 Å². The van der Waals surface area contributed by atoms with Crippen LogP contribution in [0.3, 0.4) is 0 Å². The lowest BCUT2D eigenvalue weighted by Gasteiger charge is -2.34. The molecule has 1 aromatic heterocycles. The summed E-state index contributed by atoms with van der Waals surface area (Å²) < 4.78 is 28.6. The van der Waals surface area contributed by atoms with Gasteiger partial charge in [-0.15, -0.1) is 0 Å². The zero-order valence-electron chi connectivity index (χ0n) is 12.1. The molecule has 20 heavy (non-hydrogen) atoms. The molecule has 0 atom stereocenters. The maximum atomic E-state index is 12.3. The van der Waals surface area contributed by atoms with Crippen LogP contribution < -0.4 is 10.6 Å². The molecule has 2 N–H and O–H groups in total. The molecule has 0 spiro atoms. The highest BCUT2D eigenvalue weighted by Crippen LogP contribution is 2.38. The van der Waals surface area contributed by atoms with Crippen LogP contribution in [0.25, 0.3) is 0 Å². The van der Waals surface area contributed by atoms with Crippen molar-refractivity contribution in [2.24, 2.45) is 0 Å². The van der Waals surface area contributed by atoms with E-state index in [2.05, 4.69) is 16.2 Å². The van der Waals surface area contributed by atoms with Gasteiger partial charge in [-0.2, -0.15) is 4.37 Å². The lowest BCUT2D eigenvalue weighted by Crippen LogP contribution is -2.37. The van der Waals surface area contributed by atoms with Gasteiger partial charge in [-0.25, -0.2) is 8.42 Å². The molecule has 1 heterocycles. The minimum absolute atomic E-state index is 0.0604. The molecule has 1 aliphatic carbocycles. The van der Waals surface area contributed by atoms with E-state index in [1.807, 2.05) is 0 Å². The molecule has 1 aromatic rings. The number of hydrogen-bond donors (Lipinski definition) is 1. The summed E-state index contributed by atoms with van der Waals surface area (Å²) in [5.74, 6) is 0.214. The number of sulfone groups is 1. The predicted octanol–water partition coefficient (Wildman–Crippen LogP) is 2.68. The van der Waals surface area contributed by atoms with Crippen molar-refractivity contribution in [1.29, 1.82) is 0 Å². The quantitative estimate of drug-likeness (QED) is 0.903. The molecule has 0 amide bonds. The Labute approximate surface area is 125 Å². The van der Waals surface area contributed by atoms with Gasteiger partial charge < -0.3 is 10.6 Å². The second-order valence-electron chi connectivity index (χ2n) is 5.18. The molecule has 2 rings (SSSR count). The van der Waals surface area contributed by atoms with Gasteiger partial charge in [-0.3, -0.25) is 0 Å². The van der Waals surface area contributed by atoms with Gasteiger partial charge in [0.2, 0.25) is 0 Å². The average Bonchev–Trinajstić information content (AvgIpc) is 2.83. The van der Waals surface area contributed by atoms with Gasteiger partial charge in [0.1, 0.15) is 9.90 Å². The molecule has 5 nitrogen and oxygen atoms in total. The van der Waals surface area contributed by atoms with Crippen molar-refractivity contribution >= 4 is 32.2 Å². The smallest absolute Gasteiger partial charge is 0.184 e. The van der Waals surface area contributed by atoms with E-state index in [0.29, 0.717) is 6.04 Å². The zero-order valence-corrected chi connectivity index (χ0v) is 13.8. The van der Waals surface area contributed by atoms with Crippen molar-refractivity contribution in [1.82, 2.24) is 4.37 Å². The molecule has 0 radical (unpaired) electrons. The highest BCUT2D eigenvalue weighted by molar-refractivity contribution is 7.91. The van der Waals surface area contributed by atoms with E-state index in [1.54, 1.807) is 6.92 Å². The summed E-state index contributed by atoms with van der Waals surface area (Å²) >= 11 is 1.22. The predicted molar refractivity (Wildman–Crippen MR) is 84.1 cm³/mol. The fraction of sp³-hybridized carbons (Fsp3) is 0.769. The average molecular weight is 317 g/mol. The SMILES string of the molecule is CCN(c1snc(N)c1S(=O)(=O)CC)C1CCCCC1. The van der Waals surface area contributed by atoms with Crippen LogP contribution in [0, 0.1) is 0 Å². The van der Waals surface area contributed by atoms with Gasteiger partial charge >= 0.3 is 0 Å². The summed E-state index contributed by atoms with van der Waals surface area (Å²) in [5.41, 5.74) is 5.82. The summed E-state index contributed by atoms with van der Waals surface area (Å²) in [5, 5.41) is 0.735. The minimum Gasteiger partial charge on any atom is -0.382 e. The maximum Gasteiger partial charge on any atom is 0.184 e. The number of aromatic nitrogens is 1. The normalized spacial score (nSPS) is 17.3. The molecule has 0 unspecified atom stereocenters. The molecule has 1 aliphatic rings. The van der Waals surface area contributed by atoms with Crippen LogP contribution in [0.2, 0.25) is 0 Å². The van der Waals surface area contributed by atoms with Crippen molar-refractivity contribution in [2.75, 3.05) is 22.9 Å². The van der Waals surface area contributed by atoms with Crippen molar-refractivity contribution in [3.05, 3.63) is 0 Å². The third-order valence-electron chi connectivity index (χ3n) is 3.97. The summed E-state index contributed by atoms with van der Waals surface area (Å²) in [6, 6.07) is 0.416.